The average Bonchev–Trinajstić information content (AvgIpc) is 3.34. The Morgan fingerprint density at radius 1 is 1.28 bits per heavy atom. The Kier molecular flexibility index (Phi) is 3.81. The number of aromatic amines is 1. The normalized spacial score (nSPS) is 34.7. The highest BCUT2D eigenvalue weighted by Gasteiger charge is 2.53. The van der Waals surface area contributed by atoms with Gasteiger partial charge in [0.15, 0.2) is 0 Å². The lowest BCUT2D eigenvalue weighted by Crippen LogP contribution is -2.50. The maximum atomic E-state index is 13.3. The van der Waals surface area contributed by atoms with Gasteiger partial charge in [-0.25, -0.2) is 5.01 Å². The van der Waals surface area contributed by atoms with Crippen molar-refractivity contribution in [2.24, 2.45) is 5.92 Å². The fourth-order valence-electron chi connectivity index (χ4n) is 5.62. The summed E-state index contributed by atoms with van der Waals surface area (Å²) in [5, 5.41) is 3.71. The minimum atomic E-state index is -0.700. The molecule has 29 heavy (non-hydrogen) atoms. The number of fused-ring (bicyclic) bond motifs is 4. The van der Waals surface area contributed by atoms with Gasteiger partial charge in [-0.3, -0.25) is 15.1 Å². The van der Waals surface area contributed by atoms with Gasteiger partial charge in [-0.1, -0.05) is 17.7 Å². The van der Waals surface area contributed by atoms with E-state index in [1.807, 2.05) is 29.2 Å². The highest BCUT2D eigenvalue weighted by Crippen LogP contribution is 2.47. The van der Waals surface area contributed by atoms with Crippen LogP contribution < -0.4 is 5.43 Å². The van der Waals surface area contributed by atoms with E-state index in [0.29, 0.717) is 29.3 Å². The van der Waals surface area contributed by atoms with Crippen LogP contribution >= 0.6 is 11.6 Å². The molecule has 1 saturated carbocycles. The van der Waals surface area contributed by atoms with Gasteiger partial charge < -0.3 is 9.88 Å². The largest absolute Gasteiger partial charge is 0.350 e. The summed E-state index contributed by atoms with van der Waals surface area (Å²) in [5.41, 5.74) is 5.41. The van der Waals surface area contributed by atoms with Crippen LogP contribution in [-0.4, -0.2) is 76.5 Å². The predicted molar refractivity (Wildman–Crippen MR) is 114 cm³/mol. The number of nitrogens with one attached hydrogen (secondary N) is 2. The summed E-state index contributed by atoms with van der Waals surface area (Å²) in [6, 6.07) is 7.10. The van der Waals surface area contributed by atoms with Crippen molar-refractivity contribution in [2.75, 3.05) is 33.2 Å². The summed E-state index contributed by atoms with van der Waals surface area (Å²) in [6.07, 6.45) is 4.49. The predicted octanol–water partition coefficient (Wildman–Crippen LogP) is 2.71. The summed E-state index contributed by atoms with van der Waals surface area (Å²) in [4.78, 5) is 20.9. The summed E-state index contributed by atoms with van der Waals surface area (Å²) in [5.74, 6) is 0.0999. The van der Waals surface area contributed by atoms with Gasteiger partial charge in [0.25, 0.3) is 5.91 Å². The number of carbonyl (C=O) groups excluding carboxylic acids is 1. The SMILES string of the molecule is [2H]C12CN(C)C3(CCN1NC1CCN(C(=O)c4cc5c(Cl)cccc5[nH]4)CC12)CC3. The van der Waals surface area contributed by atoms with Gasteiger partial charge >= 0.3 is 0 Å². The number of benzene rings is 1. The molecule has 6 nitrogen and oxygen atoms in total. The fourth-order valence-corrected chi connectivity index (χ4v) is 5.85. The van der Waals surface area contributed by atoms with Crippen LogP contribution in [0.2, 0.25) is 5.02 Å². The molecule has 4 fully saturated rings. The second kappa shape index (κ2) is 6.45. The lowest BCUT2D eigenvalue weighted by Gasteiger charge is -2.37. The number of likely N-dealkylation sites (N-methyl/N-ethyl adjacent to an activating group) is 1. The van der Waals surface area contributed by atoms with E-state index in [9.17, 15) is 6.17 Å². The van der Waals surface area contributed by atoms with E-state index in [1.54, 1.807) is 0 Å². The number of halogens is 1. The van der Waals surface area contributed by atoms with Crippen molar-refractivity contribution in [3.05, 3.63) is 35.0 Å². The molecular weight excluding hydrogens is 386 g/mol. The maximum absolute atomic E-state index is 13.3. The summed E-state index contributed by atoms with van der Waals surface area (Å²) < 4.78 is 9.45. The van der Waals surface area contributed by atoms with Crippen molar-refractivity contribution in [3.63, 3.8) is 0 Å². The monoisotopic (exact) mass is 414 g/mol. The van der Waals surface area contributed by atoms with Crippen LogP contribution in [0, 0.1) is 5.92 Å². The number of likely N-dealkylation sites (tertiary alicyclic amines) is 1. The molecular formula is C22H28ClN5O. The molecule has 3 aliphatic heterocycles. The van der Waals surface area contributed by atoms with Gasteiger partial charge in [0.2, 0.25) is 0 Å². The fraction of sp³-hybridized carbons (Fsp3) is 0.591. The number of carbonyl (C=O) groups is 1. The number of hydrogen-bond acceptors (Lipinski definition) is 4. The molecule has 7 heteroatoms. The van der Waals surface area contributed by atoms with Crippen LogP contribution in [0.5, 0.6) is 0 Å². The van der Waals surface area contributed by atoms with Crippen molar-refractivity contribution in [2.45, 2.75) is 43.3 Å². The molecule has 1 aromatic carbocycles. The summed E-state index contributed by atoms with van der Waals surface area (Å²) in [7, 11) is 2.18. The average molecular weight is 415 g/mol. The third-order valence-corrected chi connectivity index (χ3v) is 8.00. The first-order valence-corrected chi connectivity index (χ1v) is 11.1. The minimum absolute atomic E-state index is 0.00315. The Labute approximate surface area is 177 Å². The van der Waals surface area contributed by atoms with Crippen molar-refractivity contribution in [1.82, 2.24) is 25.2 Å². The highest BCUT2D eigenvalue weighted by atomic mass is 35.5. The van der Waals surface area contributed by atoms with Gasteiger partial charge in [-0.15, -0.1) is 0 Å². The second-order valence-corrected chi connectivity index (χ2v) is 9.65. The van der Waals surface area contributed by atoms with Crippen LogP contribution in [0.3, 0.4) is 0 Å². The van der Waals surface area contributed by atoms with Gasteiger partial charge in [-0.05, 0) is 50.9 Å². The number of piperidine rings is 1. The van der Waals surface area contributed by atoms with Gasteiger partial charge in [0.1, 0.15) is 5.69 Å². The van der Waals surface area contributed by atoms with Crippen LogP contribution in [0.4, 0.5) is 0 Å². The zero-order valence-corrected chi connectivity index (χ0v) is 17.5. The van der Waals surface area contributed by atoms with Crippen LogP contribution in [0.15, 0.2) is 24.3 Å². The molecule has 0 bridgehead atoms. The Hall–Kier alpha value is -1.60. The Bertz CT molecular complexity index is 1020. The maximum Gasteiger partial charge on any atom is 0.270 e. The molecule has 4 heterocycles. The van der Waals surface area contributed by atoms with E-state index >= 15 is 0 Å². The van der Waals surface area contributed by atoms with Gasteiger partial charge in [0, 0.05) is 67.0 Å². The molecule has 6 rings (SSSR count). The van der Waals surface area contributed by atoms with Crippen molar-refractivity contribution in [3.8, 4) is 0 Å². The third kappa shape index (κ3) is 2.84. The zero-order valence-electron chi connectivity index (χ0n) is 17.7. The Balaban J connectivity index is 1.26. The molecule has 3 atom stereocenters. The number of hydrazine groups is 1. The first-order valence-electron chi connectivity index (χ1n) is 11.2. The number of amides is 1. The van der Waals surface area contributed by atoms with Crippen molar-refractivity contribution >= 4 is 28.4 Å². The van der Waals surface area contributed by atoms with Crippen LogP contribution in [-0.2, 0) is 0 Å². The zero-order chi connectivity index (χ0) is 20.7. The Morgan fingerprint density at radius 3 is 2.93 bits per heavy atom. The first-order chi connectivity index (χ1) is 14.4. The third-order valence-electron chi connectivity index (χ3n) is 7.67. The van der Waals surface area contributed by atoms with Crippen molar-refractivity contribution < 1.29 is 6.17 Å². The highest BCUT2D eigenvalue weighted by molar-refractivity contribution is 6.35. The topological polar surface area (TPSA) is 54.6 Å². The number of aromatic nitrogens is 1. The number of H-pyrrole nitrogens is 1. The standard InChI is InChI=1S/C22H28ClN5O/c1-26-13-20-15-12-27(9-5-18(15)25-28(20)10-8-22(26)6-7-22)21(29)19-11-14-16(23)3-2-4-17(14)24-19/h2-4,11,15,18,20,24-25H,5-10,12-13H2,1H3/i20D. The van der Waals surface area contributed by atoms with E-state index in [0.717, 1.165) is 36.8 Å². The lowest BCUT2D eigenvalue weighted by atomic mass is 9.87. The van der Waals surface area contributed by atoms with Crippen LogP contribution in [0.1, 0.15) is 37.5 Å². The molecule has 4 aliphatic rings. The Morgan fingerprint density at radius 2 is 2.14 bits per heavy atom. The molecule has 0 radical (unpaired) electrons. The molecule has 1 amide bonds. The van der Waals surface area contributed by atoms with Crippen molar-refractivity contribution in [1.29, 1.82) is 0 Å². The van der Waals surface area contributed by atoms with E-state index in [1.165, 1.54) is 12.8 Å². The molecule has 154 valence electrons. The molecule has 3 unspecified atom stereocenters. The second-order valence-electron chi connectivity index (χ2n) is 9.24. The quantitative estimate of drug-likeness (QED) is 0.753. The molecule has 1 aromatic heterocycles. The van der Waals surface area contributed by atoms with E-state index in [4.69, 9.17) is 11.6 Å². The molecule has 1 aliphatic carbocycles. The molecule has 2 aromatic rings. The molecule has 1 spiro atoms. The van der Waals surface area contributed by atoms with Gasteiger partial charge in [0.05, 0.1) is 0 Å². The summed E-state index contributed by atoms with van der Waals surface area (Å²) >= 11 is 6.30. The summed E-state index contributed by atoms with van der Waals surface area (Å²) in [6.45, 7) is 2.96. The number of nitrogens with zero attached hydrogens (tertiary/aromatic N) is 3. The van der Waals surface area contributed by atoms with Gasteiger partial charge in [-0.2, -0.15) is 0 Å². The smallest absolute Gasteiger partial charge is 0.270 e. The van der Waals surface area contributed by atoms with E-state index in [-0.39, 0.29) is 17.9 Å². The molecule has 3 saturated heterocycles. The molecule has 2 N–H and O–H groups in total. The lowest BCUT2D eigenvalue weighted by molar-refractivity contribution is 0.0630. The number of hydrogen-bond donors (Lipinski definition) is 2. The van der Waals surface area contributed by atoms with E-state index in [2.05, 4.69) is 27.4 Å². The minimum Gasteiger partial charge on any atom is -0.350 e. The number of rotatable bonds is 1. The first kappa shape index (κ1) is 17.1. The van der Waals surface area contributed by atoms with E-state index < -0.39 is 6.02 Å². The van der Waals surface area contributed by atoms with Crippen LogP contribution in [0.25, 0.3) is 10.9 Å².